The largest absolute Gasteiger partial charge is 0.463 e. The topological polar surface area (TPSA) is 25.2 Å². The molecule has 4 heteroatoms. The van der Waals surface area contributed by atoms with Gasteiger partial charge < -0.3 is 9.73 Å². The van der Waals surface area contributed by atoms with Crippen molar-refractivity contribution in [1.82, 2.24) is 0 Å². The van der Waals surface area contributed by atoms with Gasteiger partial charge in [0.15, 0.2) is 0 Å². The summed E-state index contributed by atoms with van der Waals surface area (Å²) in [6.45, 7) is 4.47. The molecule has 0 bridgehead atoms. The van der Waals surface area contributed by atoms with Crippen molar-refractivity contribution in [3.8, 4) is 0 Å². The second kappa shape index (κ2) is 8.12. The molecule has 0 aliphatic heterocycles. The van der Waals surface area contributed by atoms with Crippen LogP contribution in [0.4, 0.5) is 5.69 Å². The predicted octanol–water partition coefficient (Wildman–Crippen LogP) is 5.03. The fourth-order valence-corrected chi connectivity index (χ4v) is 3.01. The van der Waals surface area contributed by atoms with Gasteiger partial charge >= 0.3 is 0 Å². The molecule has 2 nitrogen and oxygen atoms in total. The molecule has 1 heterocycles. The Balaban J connectivity index is 1.97. The molecule has 1 aromatic heterocycles. The van der Waals surface area contributed by atoms with Gasteiger partial charge in [-0.3, -0.25) is 0 Å². The number of nitrogens with one attached hydrogen (secondary N) is 1. The van der Waals surface area contributed by atoms with Gasteiger partial charge in [-0.2, -0.15) is 11.8 Å². The highest BCUT2D eigenvalue weighted by molar-refractivity contribution is 7.99. The molecule has 2 aromatic rings. The van der Waals surface area contributed by atoms with E-state index >= 15 is 0 Å². The van der Waals surface area contributed by atoms with Gasteiger partial charge in [0, 0.05) is 16.3 Å². The lowest BCUT2D eigenvalue weighted by Gasteiger charge is -2.09. The summed E-state index contributed by atoms with van der Waals surface area (Å²) in [6, 6.07) is 12.4. The highest BCUT2D eigenvalue weighted by Crippen LogP contribution is 2.27. The number of anilines is 1. The van der Waals surface area contributed by atoms with E-state index in [-0.39, 0.29) is 0 Å². The SMILES string of the molecule is C=CCSc1ccccc1NCc1ccc(CSC)o1. The van der Waals surface area contributed by atoms with Gasteiger partial charge in [-0.25, -0.2) is 0 Å². The van der Waals surface area contributed by atoms with Gasteiger partial charge in [0.2, 0.25) is 0 Å². The van der Waals surface area contributed by atoms with Gasteiger partial charge in [-0.15, -0.1) is 18.3 Å². The molecule has 0 atom stereocenters. The number of para-hydroxylation sites is 1. The van der Waals surface area contributed by atoms with Crippen molar-refractivity contribution in [2.24, 2.45) is 0 Å². The summed E-state index contributed by atoms with van der Waals surface area (Å²) in [5, 5.41) is 3.44. The highest BCUT2D eigenvalue weighted by atomic mass is 32.2. The van der Waals surface area contributed by atoms with Crippen LogP contribution in [0.2, 0.25) is 0 Å². The molecule has 0 spiro atoms. The Labute approximate surface area is 129 Å². The number of hydrogen-bond acceptors (Lipinski definition) is 4. The minimum Gasteiger partial charge on any atom is -0.463 e. The molecule has 20 heavy (non-hydrogen) atoms. The molecule has 1 aromatic carbocycles. The maximum Gasteiger partial charge on any atom is 0.123 e. The average molecular weight is 305 g/mol. The van der Waals surface area contributed by atoms with Crippen LogP contribution in [-0.4, -0.2) is 12.0 Å². The van der Waals surface area contributed by atoms with E-state index in [1.807, 2.05) is 24.3 Å². The zero-order chi connectivity index (χ0) is 14.2. The van der Waals surface area contributed by atoms with Crippen molar-refractivity contribution in [1.29, 1.82) is 0 Å². The highest BCUT2D eigenvalue weighted by Gasteiger charge is 2.04. The molecule has 0 radical (unpaired) electrons. The van der Waals surface area contributed by atoms with Crippen LogP contribution in [0.25, 0.3) is 0 Å². The summed E-state index contributed by atoms with van der Waals surface area (Å²) in [6.07, 6.45) is 4.00. The molecule has 0 aliphatic carbocycles. The zero-order valence-electron chi connectivity index (χ0n) is 11.6. The van der Waals surface area contributed by atoms with Crippen LogP contribution in [0.5, 0.6) is 0 Å². The lowest BCUT2D eigenvalue weighted by molar-refractivity contribution is 0.487. The van der Waals surface area contributed by atoms with E-state index in [9.17, 15) is 0 Å². The van der Waals surface area contributed by atoms with Crippen molar-refractivity contribution in [2.45, 2.75) is 17.2 Å². The van der Waals surface area contributed by atoms with Crippen LogP contribution in [-0.2, 0) is 12.3 Å². The summed E-state index contributed by atoms with van der Waals surface area (Å²) in [5.41, 5.74) is 1.14. The van der Waals surface area contributed by atoms with E-state index in [4.69, 9.17) is 4.42 Å². The van der Waals surface area contributed by atoms with Crippen molar-refractivity contribution in [3.05, 3.63) is 60.6 Å². The van der Waals surface area contributed by atoms with Gasteiger partial charge in [-0.1, -0.05) is 18.2 Å². The lowest BCUT2D eigenvalue weighted by Crippen LogP contribution is -1.99. The van der Waals surface area contributed by atoms with Gasteiger partial charge in [0.05, 0.1) is 12.3 Å². The Kier molecular flexibility index (Phi) is 6.15. The van der Waals surface area contributed by atoms with Crippen molar-refractivity contribution < 1.29 is 4.42 Å². The molecule has 1 N–H and O–H groups in total. The van der Waals surface area contributed by atoms with E-state index < -0.39 is 0 Å². The second-order valence-electron chi connectivity index (χ2n) is 4.25. The number of thioether (sulfide) groups is 2. The first-order valence-corrected chi connectivity index (χ1v) is 8.84. The van der Waals surface area contributed by atoms with E-state index in [1.165, 1.54) is 4.90 Å². The third kappa shape index (κ3) is 4.39. The monoisotopic (exact) mass is 305 g/mol. The van der Waals surface area contributed by atoms with E-state index in [0.717, 1.165) is 28.7 Å². The van der Waals surface area contributed by atoms with Crippen LogP contribution >= 0.6 is 23.5 Å². The molecule has 2 rings (SSSR count). The zero-order valence-corrected chi connectivity index (χ0v) is 13.2. The fraction of sp³-hybridized carbons (Fsp3) is 0.250. The van der Waals surface area contributed by atoms with Crippen LogP contribution < -0.4 is 5.32 Å². The van der Waals surface area contributed by atoms with Crippen molar-refractivity contribution in [2.75, 3.05) is 17.3 Å². The van der Waals surface area contributed by atoms with E-state index in [2.05, 4.69) is 36.4 Å². The third-order valence-electron chi connectivity index (χ3n) is 2.70. The average Bonchev–Trinajstić information content (AvgIpc) is 2.92. The molecule has 0 fully saturated rings. The van der Waals surface area contributed by atoms with Crippen LogP contribution in [0.15, 0.2) is 58.4 Å². The van der Waals surface area contributed by atoms with Crippen molar-refractivity contribution in [3.63, 3.8) is 0 Å². The Hall–Kier alpha value is -1.26. The predicted molar refractivity (Wildman–Crippen MR) is 90.6 cm³/mol. The van der Waals surface area contributed by atoms with Crippen molar-refractivity contribution >= 4 is 29.2 Å². The van der Waals surface area contributed by atoms with Crippen LogP contribution in [0.3, 0.4) is 0 Å². The minimum atomic E-state index is 0.708. The van der Waals surface area contributed by atoms with E-state index in [1.54, 1.807) is 23.5 Å². The normalized spacial score (nSPS) is 10.4. The number of benzene rings is 1. The molecular weight excluding hydrogens is 286 g/mol. The quantitative estimate of drug-likeness (QED) is 0.546. The minimum absolute atomic E-state index is 0.708. The summed E-state index contributed by atoms with van der Waals surface area (Å²) >= 11 is 3.55. The number of furan rings is 1. The summed E-state index contributed by atoms with van der Waals surface area (Å²) in [5.74, 6) is 3.84. The first-order chi connectivity index (χ1) is 9.83. The van der Waals surface area contributed by atoms with Gasteiger partial charge in [0.25, 0.3) is 0 Å². The lowest BCUT2D eigenvalue weighted by atomic mass is 10.3. The smallest absolute Gasteiger partial charge is 0.123 e. The Morgan fingerprint density at radius 1 is 1.20 bits per heavy atom. The first kappa shape index (κ1) is 15.1. The Morgan fingerprint density at radius 3 is 2.80 bits per heavy atom. The summed E-state index contributed by atoms with van der Waals surface area (Å²) < 4.78 is 5.76. The molecular formula is C16H19NOS2. The number of rotatable bonds is 8. The molecule has 0 saturated carbocycles. The standard InChI is InChI=1S/C16H19NOS2/c1-3-10-20-16-7-5-4-6-15(16)17-11-13-8-9-14(18-13)12-19-2/h3-9,17H,1,10-12H2,2H3. The summed E-state index contributed by atoms with van der Waals surface area (Å²) in [7, 11) is 0. The number of hydrogen-bond donors (Lipinski definition) is 1. The Bertz CT molecular complexity index is 551. The fourth-order valence-electron chi connectivity index (χ4n) is 1.81. The molecule has 0 amide bonds. The second-order valence-corrected chi connectivity index (χ2v) is 6.18. The maximum atomic E-state index is 5.76. The third-order valence-corrected chi connectivity index (χ3v) is 4.34. The maximum absolute atomic E-state index is 5.76. The summed E-state index contributed by atoms with van der Waals surface area (Å²) in [4.78, 5) is 1.24. The first-order valence-electron chi connectivity index (χ1n) is 6.46. The van der Waals surface area contributed by atoms with Crippen LogP contribution in [0, 0.1) is 0 Å². The van der Waals surface area contributed by atoms with Crippen LogP contribution in [0.1, 0.15) is 11.5 Å². The van der Waals surface area contributed by atoms with Gasteiger partial charge in [-0.05, 0) is 30.5 Å². The molecule has 106 valence electrons. The molecule has 0 aliphatic rings. The molecule has 0 saturated heterocycles. The molecule has 0 unspecified atom stereocenters. The van der Waals surface area contributed by atoms with E-state index in [0.29, 0.717) is 6.54 Å². The van der Waals surface area contributed by atoms with Gasteiger partial charge in [0.1, 0.15) is 11.5 Å². The Morgan fingerprint density at radius 2 is 2.00 bits per heavy atom.